The van der Waals surface area contributed by atoms with E-state index in [0.717, 1.165) is 0 Å². The smallest absolute Gasteiger partial charge is 0.303 e. The third-order valence-electron chi connectivity index (χ3n) is 7.18. The van der Waals surface area contributed by atoms with Crippen molar-refractivity contribution >= 4 is 30.3 Å². The Bertz CT molecular complexity index is 1450. The van der Waals surface area contributed by atoms with Gasteiger partial charge >= 0.3 is 17.9 Å². The number of nitrogens with zero attached hydrogens (tertiary/aromatic N) is 2. The van der Waals surface area contributed by atoms with Crippen molar-refractivity contribution in [1.29, 1.82) is 0 Å². The molecule has 2 N–H and O–H groups in total. The molecular formula is C34H44N2O9. The van der Waals surface area contributed by atoms with Gasteiger partial charge in [-0.1, -0.05) is 65.8 Å². The maximum Gasteiger partial charge on any atom is 0.303 e. The lowest BCUT2D eigenvalue weighted by atomic mass is 9.85. The summed E-state index contributed by atoms with van der Waals surface area (Å²) in [5.41, 5.74) is 1.51. The van der Waals surface area contributed by atoms with Crippen LogP contribution in [0.15, 0.2) is 46.4 Å². The molecular weight excluding hydrogens is 580 g/mol. The molecule has 11 nitrogen and oxygen atoms in total. The van der Waals surface area contributed by atoms with E-state index in [1.165, 1.54) is 33.2 Å². The molecule has 2 aromatic carbocycles. The molecule has 1 aliphatic rings. The first-order valence-corrected chi connectivity index (χ1v) is 14.7. The van der Waals surface area contributed by atoms with E-state index in [0.29, 0.717) is 22.3 Å². The van der Waals surface area contributed by atoms with Gasteiger partial charge < -0.3 is 29.2 Å². The van der Waals surface area contributed by atoms with Crippen LogP contribution in [0.3, 0.4) is 0 Å². The van der Waals surface area contributed by atoms with E-state index < -0.39 is 48.5 Å². The number of ether oxygens (including phenoxy) is 4. The highest BCUT2D eigenvalue weighted by Crippen LogP contribution is 2.35. The molecule has 5 atom stereocenters. The van der Waals surface area contributed by atoms with Crippen LogP contribution in [0.1, 0.15) is 84.6 Å². The number of rotatable bonds is 8. The highest BCUT2D eigenvalue weighted by atomic mass is 16.6. The van der Waals surface area contributed by atoms with Crippen LogP contribution in [0.4, 0.5) is 0 Å². The van der Waals surface area contributed by atoms with Crippen molar-refractivity contribution in [2.24, 2.45) is 9.98 Å². The van der Waals surface area contributed by atoms with Gasteiger partial charge in [-0.2, -0.15) is 0 Å². The van der Waals surface area contributed by atoms with E-state index in [2.05, 4.69) is 9.98 Å². The Labute approximate surface area is 264 Å². The molecule has 1 fully saturated rings. The lowest BCUT2D eigenvalue weighted by Gasteiger charge is -2.42. The molecule has 0 unspecified atom stereocenters. The number of phenolic OH excluding ortho intramolecular Hbond substituents is 2. The number of esters is 3. The van der Waals surface area contributed by atoms with Crippen molar-refractivity contribution in [3.8, 4) is 11.5 Å². The minimum absolute atomic E-state index is 0.0303. The van der Waals surface area contributed by atoms with Gasteiger partial charge in [-0.25, -0.2) is 0 Å². The number of phenols is 2. The molecule has 3 rings (SSSR count). The standard InChI is InChI=1S/C34H44N2O9/c1-19(37)42-18-26-30(43-20(2)38)31(44-21(3)39)27(35-16-22-12-10-14-24(28(22)40)33(4,5)6)32(45-26)36-17-23-13-11-15-25(29(23)41)34(7,8)9/h10-17,26-27,30-32,40-41H,18H2,1-9H3/b35-16?,36-17+/t26-,27-,30-,31-,32-/m1/s1. The maximum absolute atomic E-state index is 12.4. The van der Waals surface area contributed by atoms with Crippen LogP contribution < -0.4 is 0 Å². The number of para-hydroxylation sites is 2. The first-order valence-electron chi connectivity index (χ1n) is 14.7. The third-order valence-corrected chi connectivity index (χ3v) is 7.18. The Morgan fingerprint density at radius 3 is 1.67 bits per heavy atom. The number of hydrogen-bond donors (Lipinski definition) is 2. The van der Waals surface area contributed by atoms with Gasteiger partial charge in [0.1, 0.15) is 30.3 Å². The minimum Gasteiger partial charge on any atom is -0.507 e. The number of carbonyl (C=O) groups excluding carboxylic acids is 3. The van der Waals surface area contributed by atoms with Gasteiger partial charge in [0.25, 0.3) is 0 Å². The Morgan fingerprint density at radius 1 is 0.756 bits per heavy atom. The van der Waals surface area contributed by atoms with Crippen molar-refractivity contribution in [3.63, 3.8) is 0 Å². The van der Waals surface area contributed by atoms with Crippen molar-refractivity contribution in [1.82, 2.24) is 0 Å². The predicted octanol–water partition coefficient (Wildman–Crippen LogP) is 4.75. The van der Waals surface area contributed by atoms with Crippen molar-refractivity contribution in [3.05, 3.63) is 58.7 Å². The van der Waals surface area contributed by atoms with Gasteiger partial charge in [0.15, 0.2) is 18.4 Å². The second-order valence-corrected chi connectivity index (χ2v) is 13.0. The molecule has 0 aliphatic carbocycles. The van der Waals surface area contributed by atoms with E-state index in [-0.39, 0.29) is 28.9 Å². The van der Waals surface area contributed by atoms with E-state index in [4.69, 9.17) is 18.9 Å². The Kier molecular flexibility index (Phi) is 11.1. The molecule has 45 heavy (non-hydrogen) atoms. The molecule has 1 heterocycles. The summed E-state index contributed by atoms with van der Waals surface area (Å²) >= 11 is 0. The van der Waals surface area contributed by atoms with Crippen molar-refractivity contribution < 1.29 is 43.5 Å². The van der Waals surface area contributed by atoms with E-state index in [1.54, 1.807) is 24.3 Å². The zero-order valence-corrected chi connectivity index (χ0v) is 27.4. The molecule has 0 spiro atoms. The van der Waals surface area contributed by atoms with Crippen LogP contribution in [0.25, 0.3) is 0 Å². The lowest BCUT2D eigenvalue weighted by molar-refractivity contribution is -0.218. The van der Waals surface area contributed by atoms with Crippen LogP contribution in [0, 0.1) is 0 Å². The number of benzene rings is 2. The molecule has 244 valence electrons. The second-order valence-electron chi connectivity index (χ2n) is 13.0. The summed E-state index contributed by atoms with van der Waals surface area (Å²) in [5.74, 6) is -1.89. The molecule has 0 saturated carbocycles. The van der Waals surface area contributed by atoms with Gasteiger partial charge in [-0.3, -0.25) is 24.4 Å². The van der Waals surface area contributed by atoms with Crippen molar-refractivity contribution in [2.75, 3.05) is 6.61 Å². The summed E-state index contributed by atoms with van der Waals surface area (Å²) < 4.78 is 22.7. The van der Waals surface area contributed by atoms with E-state index in [9.17, 15) is 24.6 Å². The third kappa shape index (κ3) is 9.13. The van der Waals surface area contributed by atoms with Crippen LogP contribution in [-0.4, -0.2) is 77.7 Å². The summed E-state index contributed by atoms with van der Waals surface area (Å²) in [4.78, 5) is 45.5. The molecule has 1 saturated heterocycles. The highest BCUT2D eigenvalue weighted by molar-refractivity contribution is 5.85. The van der Waals surface area contributed by atoms with E-state index >= 15 is 0 Å². The quantitative estimate of drug-likeness (QED) is 0.241. The normalized spacial score (nSPS) is 22.4. The molecule has 0 amide bonds. The van der Waals surface area contributed by atoms with Gasteiger partial charge in [-0.05, 0) is 34.1 Å². The summed E-state index contributed by atoms with van der Waals surface area (Å²) in [5, 5.41) is 22.1. The highest BCUT2D eigenvalue weighted by Gasteiger charge is 2.50. The minimum atomic E-state index is -1.22. The zero-order valence-electron chi connectivity index (χ0n) is 27.4. The van der Waals surface area contributed by atoms with Crippen LogP contribution in [0.2, 0.25) is 0 Å². The second kappa shape index (κ2) is 14.2. The summed E-state index contributed by atoms with van der Waals surface area (Å²) in [6, 6.07) is 9.51. The Hall–Kier alpha value is -4.25. The van der Waals surface area contributed by atoms with Crippen molar-refractivity contribution in [2.45, 2.75) is 104 Å². The number of aliphatic imine (C=N–C) groups is 2. The largest absolute Gasteiger partial charge is 0.507 e. The molecule has 11 heteroatoms. The van der Waals surface area contributed by atoms with Crippen LogP contribution >= 0.6 is 0 Å². The molecule has 0 bridgehead atoms. The van der Waals surface area contributed by atoms with Crippen LogP contribution in [-0.2, 0) is 44.2 Å². The number of aromatic hydroxyl groups is 2. The maximum atomic E-state index is 12.4. The molecule has 2 aromatic rings. The number of hydrogen-bond acceptors (Lipinski definition) is 11. The van der Waals surface area contributed by atoms with Gasteiger partial charge in [-0.15, -0.1) is 0 Å². The van der Waals surface area contributed by atoms with Crippen LogP contribution in [0.5, 0.6) is 11.5 Å². The fraction of sp³-hybridized carbons (Fsp3) is 0.500. The summed E-state index contributed by atoms with van der Waals surface area (Å²) in [6.07, 6.45) is -1.83. The fourth-order valence-corrected chi connectivity index (χ4v) is 5.05. The topological polar surface area (TPSA) is 153 Å². The predicted molar refractivity (Wildman–Crippen MR) is 169 cm³/mol. The summed E-state index contributed by atoms with van der Waals surface area (Å²) in [7, 11) is 0. The average Bonchev–Trinajstić information content (AvgIpc) is 2.91. The Morgan fingerprint density at radius 2 is 1.22 bits per heavy atom. The SMILES string of the molecule is CC(=O)OC[C@H]1O[C@@H](/N=C/c2cccc(C(C)(C)C)c2O)[C@H](N=Cc2cccc(C(C)(C)C)c2O)[C@@H](OC(C)=O)[C@@H]1OC(C)=O. The lowest BCUT2D eigenvalue weighted by Crippen LogP contribution is -2.60. The molecule has 1 aliphatic heterocycles. The van der Waals surface area contributed by atoms with Gasteiger partial charge in [0.05, 0.1) is 0 Å². The van der Waals surface area contributed by atoms with E-state index in [1.807, 2.05) is 53.7 Å². The number of carbonyl (C=O) groups is 3. The van der Waals surface area contributed by atoms with Gasteiger partial charge in [0.2, 0.25) is 0 Å². The van der Waals surface area contributed by atoms with Gasteiger partial charge in [0, 0.05) is 44.3 Å². The fourth-order valence-electron chi connectivity index (χ4n) is 5.05. The first-order chi connectivity index (χ1) is 20.9. The zero-order chi connectivity index (χ0) is 33.7. The Balaban J connectivity index is 2.17. The monoisotopic (exact) mass is 624 g/mol. The molecule has 0 radical (unpaired) electrons. The first kappa shape index (κ1) is 35.2. The average molecular weight is 625 g/mol. The summed E-state index contributed by atoms with van der Waals surface area (Å²) in [6.45, 7) is 15.1. The molecule has 0 aromatic heterocycles.